The van der Waals surface area contributed by atoms with Crippen LogP contribution in [-0.4, -0.2) is 27.3 Å². The van der Waals surface area contributed by atoms with Crippen molar-refractivity contribution in [3.8, 4) is 0 Å². The highest BCUT2D eigenvalue weighted by Gasteiger charge is 2.34. The normalized spacial score (nSPS) is 14.4. The van der Waals surface area contributed by atoms with E-state index in [9.17, 15) is 0 Å². The number of aliphatic hydroxyl groups excluding tert-OH is 1. The zero-order chi connectivity index (χ0) is 18.1. The van der Waals surface area contributed by atoms with Crippen molar-refractivity contribution in [2.24, 2.45) is 4.99 Å². The SMILES string of the molecule is CC1=C(c2ccccc2)/C(=N/c2cnn(CCO)c2N)[n+]2ccccc21.[Br-]. The van der Waals surface area contributed by atoms with Gasteiger partial charge in [0, 0.05) is 5.57 Å². The molecule has 0 saturated heterocycles. The van der Waals surface area contributed by atoms with Crippen molar-refractivity contribution in [2.45, 2.75) is 13.5 Å². The summed E-state index contributed by atoms with van der Waals surface area (Å²) < 4.78 is 3.63. The molecule has 27 heavy (non-hydrogen) atoms. The number of allylic oxidation sites excluding steroid dienone is 2. The second-order valence-electron chi connectivity index (χ2n) is 6.12. The third kappa shape index (κ3) is 3.31. The van der Waals surface area contributed by atoms with E-state index in [0.717, 1.165) is 28.2 Å². The van der Waals surface area contributed by atoms with Gasteiger partial charge in [0.2, 0.25) is 5.69 Å². The minimum absolute atomic E-state index is 0. The van der Waals surface area contributed by atoms with Gasteiger partial charge in [-0.05, 0) is 29.6 Å². The maximum absolute atomic E-state index is 9.13. The van der Waals surface area contributed by atoms with Crippen molar-refractivity contribution in [1.29, 1.82) is 0 Å². The zero-order valence-electron chi connectivity index (χ0n) is 14.9. The highest BCUT2D eigenvalue weighted by Crippen LogP contribution is 2.32. The van der Waals surface area contributed by atoms with Crippen LogP contribution in [0.25, 0.3) is 11.1 Å². The summed E-state index contributed by atoms with van der Waals surface area (Å²) in [5, 5.41) is 13.3. The van der Waals surface area contributed by atoms with Gasteiger partial charge in [0.05, 0.1) is 24.9 Å². The van der Waals surface area contributed by atoms with Crippen LogP contribution in [0, 0.1) is 0 Å². The second-order valence-corrected chi connectivity index (χ2v) is 6.12. The second kappa shape index (κ2) is 7.85. The molecule has 7 heteroatoms. The highest BCUT2D eigenvalue weighted by atomic mass is 79.9. The maximum Gasteiger partial charge on any atom is 0.337 e. The fraction of sp³-hybridized carbons (Fsp3) is 0.150. The molecule has 3 heterocycles. The number of nitrogens with zero attached hydrogens (tertiary/aromatic N) is 4. The van der Waals surface area contributed by atoms with Gasteiger partial charge in [0.25, 0.3) is 0 Å². The lowest BCUT2D eigenvalue weighted by Crippen LogP contribution is -3.00. The molecule has 0 fully saturated rings. The molecule has 0 atom stereocenters. The first-order chi connectivity index (χ1) is 12.7. The summed E-state index contributed by atoms with van der Waals surface area (Å²) >= 11 is 0. The number of rotatable bonds is 4. The van der Waals surface area contributed by atoms with Gasteiger partial charge in [-0.2, -0.15) is 9.67 Å². The fourth-order valence-electron chi connectivity index (χ4n) is 3.27. The Morgan fingerprint density at radius 1 is 1.15 bits per heavy atom. The molecule has 0 radical (unpaired) electrons. The largest absolute Gasteiger partial charge is 1.00 e. The van der Waals surface area contributed by atoms with Gasteiger partial charge in [0.15, 0.2) is 5.82 Å². The van der Waals surface area contributed by atoms with Crippen molar-refractivity contribution >= 4 is 28.5 Å². The highest BCUT2D eigenvalue weighted by molar-refractivity contribution is 6.28. The Morgan fingerprint density at radius 3 is 2.63 bits per heavy atom. The van der Waals surface area contributed by atoms with Crippen molar-refractivity contribution in [1.82, 2.24) is 9.78 Å². The monoisotopic (exact) mass is 425 g/mol. The Hall–Kier alpha value is -2.77. The number of aliphatic imine (C=N–C) groups is 1. The summed E-state index contributed by atoms with van der Waals surface area (Å²) in [5.41, 5.74) is 11.2. The van der Waals surface area contributed by atoms with E-state index >= 15 is 0 Å². The number of hydrogen-bond acceptors (Lipinski definition) is 4. The van der Waals surface area contributed by atoms with E-state index in [1.165, 1.54) is 0 Å². The molecule has 138 valence electrons. The van der Waals surface area contributed by atoms with Crippen LogP contribution in [0.4, 0.5) is 11.5 Å². The summed E-state index contributed by atoms with van der Waals surface area (Å²) in [4.78, 5) is 4.84. The molecule has 6 nitrogen and oxygen atoms in total. The van der Waals surface area contributed by atoms with E-state index in [1.807, 2.05) is 36.5 Å². The number of anilines is 1. The number of hydrogen-bond donors (Lipinski definition) is 2. The van der Waals surface area contributed by atoms with E-state index in [1.54, 1.807) is 10.9 Å². The first-order valence-corrected chi connectivity index (χ1v) is 8.49. The van der Waals surface area contributed by atoms with Gasteiger partial charge in [-0.3, -0.25) is 0 Å². The van der Waals surface area contributed by atoms with Gasteiger partial charge in [0.1, 0.15) is 11.9 Å². The Morgan fingerprint density at radius 2 is 1.89 bits per heavy atom. The molecule has 1 aromatic carbocycles. The Labute approximate surface area is 168 Å². The van der Waals surface area contributed by atoms with Crippen LogP contribution in [-0.2, 0) is 6.54 Å². The minimum Gasteiger partial charge on any atom is -1.00 e. The van der Waals surface area contributed by atoms with E-state index < -0.39 is 0 Å². The first-order valence-electron chi connectivity index (χ1n) is 8.49. The molecule has 1 aliphatic heterocycles. The molecule has 0 saturated carbocycles. The fourth-order valence-corrected chi connectivity index (χ4v) is 3.27. The lowest BCUT2D eigenvalue weighted by molar-refractivity contribution is -0.553. The number of aromatic nitrogens is 3. The first kappa shape index (κ1) is 19.0. The summed E-state index contributed by atoms with van der Waals surface area (Å²) in [6.45, 7) is 2.43. The molecule has 3 N–H and O–H groups in total. The molecule has 1 aliphatic rings. The average Bonchev–Trinajstić information content (AvgIpc) is 3.16. The molecule has 3 aromatic rings. The Kier molecular flexibility index (Phi) is 5.53. The van der Waals surface area contributed by atoms with Crippen LogP contribution in [0.3, 0.4) is 0 Å². The van der Waals surface area contributed by atoms with Crippen LogP contribution in [0.15, 0.2) is 65.9 Å². The predicted octanol–water partition coefficient (Wildman–Crippen LogP) is -0.728. The Bertz CT molecular complexity index is 1020. The molecule has 2 aromatic heterocycles. The van der Waals surface area contributed by atoms with E-state index in [0.29, 0.717) is 18.1 Å². The van der Waals surface area contributed by atoms with Gasteiger partial charge in [-0.1, -0.05) is 36.4 Å². The van der Waals surface area contributed by atoms with Crippen molar-refractivity contribution in [3.05, 3.63) is 72.2 Å². The van der Waals surface area contributed by atoms with Gasteiger partial charge < -0.3 is 27.8 Å². The van der Waals surface area contributed by atoms with Gasteiger partial charge in [-0.15, -0.1) is 0 Å². The van der Waals surface area contributed by atoms with E-state index in [-0.39, 0.29) is 23.6 Å². The average molecular weight is 426 g/mol. The standard InChI is InChI=1S/C20H19N5O.BrH/c1-14-17-9-5-6-10-24(17)20(18(14)15-7-3-2-4-8-15)23-16-13-22-25(11-12-26)19(16)21;/h2-10,13,21,26H,11-12H2,1H3;1H. The molecule has 0 amide bonds. The smallest absolute Gasteiger partial charge is 0.337 e. The summed E-state index contributed by atoms with van der Waals surface area (Å²) in [5.74, 6) is 1.26. The van der Waals surface area contributed by atoms with Crippen LogP contribution < -0.4 is 27.3 Å². The quantitative estimate of drug-likeness (QED) is 0.540. The molecule has 4 rings (SSSR count). The molecular weight excluding hydrogens is 406 g/mol. The molecule has 0 unspecified atom stereocenters. The topological polar surface area (TPSA) is 80.3 Å². The summed E-state index contributed by atoms with van der Waals surface area (Å²) in [6.07, 6.45) is 3.64. The maximum atomic E-state index is 9.13. The van der Waals surface area contributed by atoms with Crippen LogP contribution >= 0.6 is 0 Å². The third-order valence-electron chi connectivity index (χ3n) is 4.53. The van der Waals surface area contributed by atoms with Crippen LogP contribution in [0.1, 0.15) is 18.2 Å². The summed E-state index contributed by atoms with van der Waals surface area (Å²) in [6, 6.07) is 16.3. The number of fused-ring (bicyclic) bond motifs is 1. The molecular formula is C20H20BrN5O. The molecule has 0 bridgehead atoms. The lowest BCUT2D eigenvalue weighted by Gasteiger charge is -2.01. The van der Waals surface area contributed by atoms with Crippen molar-refractivity contribution < 1.29 is 26.7 Å². The minimum atomic E-state index is -0.0201. The molecule has 0 aliphatic carbocycles. The number of nitrogen functional groups attached to an aromatic ring is 1. The summed E-state index contributed by atoms with van der Waals surface area (Å²) in [7, 11) is 0. The number of pyridine rings is 1. The number of benzene rings is 1. The lowest BCUT2D eigenvalue weighted by atomic mass is 10.0. The van der Waals surface area contributed by atoms with E-state index in [2.05, 4.69) is 34.8 Å². The number of nitrogens with two attached hydrogens (primary N) is 1. The predicted molar refractivity (Wildman–Crippen MR) is 102 cm³/mol. The molecule has 0 spiro atoms. The third-order valence-corrected chi connectivity index (χ3v) is 4.53. The van der Waals surface area contributed by atoms with E-state index in [4.69, 9.17) is 15.8 Å². The Balaban J connectivity index is 0.00000210. The number of halogens is 1. The van der Waals surface area contributed by atoms with Crippen molar-refractivity contribution in [2.75, 3.05) is 12.3 Å². The van der Waals surface area contributed by atoms with Crippen LogP contribution in [0.2, 0.25) is 0 Å². The van der Waals surface area contributed by atoms with Gasteiger partial charge >= 0.3 is 5.84 Å². The van der Waals surface area contributed by atoms with Gasteiger partial charge in [-0.25, -0.2) is 4.68 Å². The zero-order valence-corrected chi connectivity index (χ0v) is 16.5. The van der Waals surface area contributed by atoms with Crippen molar-refractivity contribution in [3.63, 3.8) is 0 Å². The van der Waals surface area contributed by atoms with Crippen LogP contribution in [0.5, 0.6) is 0 Å². The number of aliphatic hydroxyl groups is 1.